The van der Waals surface area contributed by atoms with E-state index in [0.717, 1.165) is 18.4 Å². The monoisotopic (exact) mass is 246 g/mol. The molecule has 1 aliphatic carbocycles. The highest BCUT2D eigenvalue weighted by atomic mass is 14.2. The molecular weight excluding hydrogens is 228 g/mol. The first-order valence-electron chi connectivity index (χ1n) is 7.08. The van der Waals surface area contributed by atoms with Gasteiger partial charge in [-0.2, -0.15) is 0 Å². The molecule has 0 aromatic heterocycles. The van der Waals surface area contributed by atoms with Gasteiger partial charge in [-0.15, -0.1) is 0 Å². The van der Waals surface area contributed by atoms with Crippen LogP contribution in [-0.2, 0) is 6.42 Å². The Morgan fingerprint density at radius 1 is 1.00 bits per heavy atom. The zero-order valence-corrected chi connectivity index (χ0v) is 11.4. The van der Waals surface area contributed by atoms with Crippen LogP contribution in [-0.4, -0.2) is 0 Å². The average Bonchev–Trinajstić information content (AvgIpc) is 2.82. The second kappa shape index (κ2) is 5.33. The van der Waals surface area contributed by atoms with E-state index in [1.807, 2.05) is 0 Å². The van der Waals surface area contributed by atoms with Gasteiger partial charge >= 0.3 is 0 Å². The highest BCUT2D eigenvalue weighted by Gasteiger charge is 2.17. The fraction of sp³-hybridized carbons (Fsp3) is 0.263. The molecule has 0 bridgehead atoms. The van der Waals surface area contributed by atoms with Gasteiger partial charge in [0.1, 0.15) is 0 Å². The van der Waals surface area contributed by atoms with Crippen LogP contribution in [0.25, 0.3) is 11.1 Å². The Bertz CT molecular complexity index is 653. The van der Waals surface area contributed by atoms with Crippen LogP contribution in [0, 0.1) is 11.8 Å². The van der Waals surface area contributed by atoms with Gasteiger partial charge in [0.15, 0.2) is 0 Å². The largest absolute Gasteiger partial charge is 0.0979 e. The van der Waals surface area contributed by atoms with Crippen molar-refractivity contribution >= 4 is 0 Å². The lowest BCUT2D eigenvalue weighted by atomic mass is 10.0. The Labute approximate surface area is 115 Å². The minimum absolute atomic E-state index is 1.00. The lowest BCUT2D eigenvalue weighted by Gasteiger charge is -2.01. The van der Waals surface area contributed by atoms with E-state index < -0.39 is 0 Å². The van der Waals surface area contributed by atoms with Gasteiger partial charge in [-0.05, 0) is 47.2 Å². The van der Waals surface area contributed by atoms with Crippen molar-refractivity contribution in [2.45, 2.75) is 32.6 Å². The molecular formula is C19H18. The minimum atomic E-state index is 1.00. The smallest absolute Gasteiger partial charge is 0.0251 e. The molecule has 0 spiro atoms. The third-order valence-corrected chi connectivity index (χ3v) is 3.69. The molecule has 94 valence electrons. The van der Waals surface area contributed by atoms with Crippen molar-refractivity contribution in [2.75, 3.05) is 0 Å². The molecule has 2 aromatic rings. The summed E-state index contributed by atoms with van der Waals surface area (Å²) in [5.41, 5.74) is 6.77. The quantitative estimate of drug-likeness (QED) is 0.450. The Kier molecular flexibility index (Phi) is 3.38. The standard InChI is InChI=1S/C19H18/c1-2-3-4-5-8-15-11-12-17-14-16-9-6-7-10-18(16)19(17)13-15/h6-7,9-13H,2-4,14H2,1H3. The molecule has 2 aromatic carbocycles. The Morgan fingerprint density at radius 2 is 1.84 bits per heavy atom. The molecule has 0 fully saturated rings. The zero-order valence-electron chi connectivity index (χ0n) is 11.4. The lowest BCUT2D eigenvalue weighted by Crippen LogP contribution is -1.82. The summed E-state index contributed by atoms with van der Waals surface area (Å²) in [5, 5.41) is 0. The van der Waals surface area contributed by atoms with Gasteiger partial charge in [0.25, 0.3) is 0 Å². The van der Waals surface area contributed by atoms with Crippen LogP contribution in [0.3, 0.4) is 0 Å². The number of fused-ring (bicyclic) bond motifs is 3. The fourth-order valence-electron chi connectivity index (χ4n) is 2.63. The molecule has 0 radical (unpaired) electrons. The predicted molar refractivity (Wildman–Crippen MR) is 81.1 cm³/mol. The Balaban J connectivity index is 1.91. The van der Waals surface area contributed by atoms with E-state index in [1.165, 1.54) is 35.1 Å². The minimum Gasteiger partial charge on any atom is -0.0979 e. The molecule has 0 heteroatoms. The van der Waals surface area contributed by atoms with E-state index in [4.69, 9.17) is 0 Å². The van der Waals surface area contributed by atoms with Crippen molar-refractivity contribution in [1.82, 2.24) is 0 Å². The first-order valence-corrected chi connectivity index (χ1v) is 7.08. The van der Waals surface area contributed by atoms with Crippen molar-refractivity contribution < 1.29 is 0 Å². The van der Waals surface area contributed by atoms with Crippen LogP contribution in [0.5, 0.6) is 0 Å². The lowest BCUT2D eigenvalue weighted by molar-refractivity contribution is 0.828. The highest BCUT2D eigenvalue weighted by Crippen LogP contribution is 2.36. The summed E-state index contributed by atoms with van der Waals surface area (Å²) >= 11 is 0. The molecule has 1 aliphatic rings. The molecule has 0 unspecified atom stereocenters. The van der Waals surface area contributed by atoms with Crippen molar-refractivity contribution in [1.29, 1.82) is 0 Å². The van der Waals surface area contributed by atoms with Crippen LogP contribution < -0.4 is 0 Å². The first-order chi connectivity index (χ1) is 9.38. The van der Waals surface area contributed by atoms with Crippen molar-refractivity contribution in [3.8, 4) is 23.0 Å². The summed E-state index contributed by atoms with van der Waals surface area (Å²) in [6.07, 6.45) is 4.48. The van der Waals surface area contributed by atoms with Gasteiger partial charge in [-0.1, -0.05) is 55.5 Å². The summed E-state index contributed by atoms with van der Waals surface area (Å²) in [5.74, 6) is 6.56. The number of benzene rings is 2. The van der Waals surface area contributed by atoms with Gasteiger partial charge in [0, 0.05) is 12.0 Å². The van der Waals surface area contributed by atoms with Crippen LogP contribution in [0.2, 0.25) is 0 Å². The molecule has 0 saturated carbocycles. The Morgan fingerprint density at radius 3 is 2.74 bits per heavy atom. The van der Waals surface area contributed by atoms with Crippen LogP contribution in [0.4, 0.5) is 0 Å². The van der Waals surface area contributed by atoms with E-state index >= 15 is 0 Å². The molecule has 0 aliphatic heterocycles. The molecule has 19 heavy (non-hydrogen) atoms. The van der Waals surface area contributed by atoms with Crippen LogP contribution >= 0.6 is 0 Å². The van der Waals surface area contributed by atoms with Gasteiger partial charge < -0.3 is 0 Å². The van der Waals surface area contributed by atoms with E-state index in [-0.39, 0.29) is 0 Å². The van der Waals surface area contributed by atoms with E-state index in [0.29, 0.717) is 0 Å². The number of hydrogen-bond acceptors (Lipinski definition) is 0. The topological polar surface area (TPSA) is 0 Å². The molecule has 0 nitrogen and oxygen atoms in total. The van der Waals surface area contributed by atoms with Crippen molar-refractivity contribution in [3.05, 3.63) is 59.2 Å². The molecule has 0 amide bonds. The van der Waals surface area contributed by atoms with Crippen molar-refractivity contribution in [3.63, 3.8) is 0 Å². The highest BCUT2D eigenvalue weighted by molar-refractivity contribution is 5.77. The van der Waals surface area contributed by atoms with Crippen molar-refractivity contribution in [2.24, 2.45) is 0 Å². The van der Waals surface area contributed by atoms with Gasteiger partial charge in [0.2, 0.25) is 0 Å². The maximum Gasteiger partial charge on any atom is 0.0251 e. The molecule has 0 heterocycles. The second-order valence-electron chi connectivity index (χ2n) is 5.11. The third-order valence-electron chi connectivity index (χ3n) is 3.69. The third kappa shape index (κ3) is 2.42. The molecule has 0 saturated heterocycles. The molecule has 3 rings (SSSR count). The maximum absolute atomic E-state index is 3.29. The Hall–Kier alpha value is -2.00. The van der Waals surface area contributed by atoms with Crippen LogP contribution in [0.1, 0.15) is 42.9 Å². The van der Waals surface area contributed by atoms with Gasteiger partial charge in [0.05, 0.1) is 0 Å². The SMILES string of the molecule is CCCCC#Cc1ccc2c(c1)-c1ccccc1C2. The zero-order chi connectivity index (χ0) is 13.1. The summed E-state index contributed by atoms with van der Waals surface area (Å²) < 4.78 is 0. The summed E-state index contributed by atoms with van der Waals surface area (Å²) in [6, 6.07) is 15.3. The average molecular weight is 246 g/mol. The normalized spacial score (nSPS) is 11.4. The van der Waals surface area contributed by atoms with E-state index in [9.17, 15) is 0 Å². The first kappa shape index (κ1) is 12.1. The van der Waals surface area contributed by atoms with Gasteiger partial charge in [-0.3, -0.25) is 0 Å². The summed E-state index contributed by atoms with van der Waals surface area (Å²) in [6.45, 7) is 2.20. The molecule has 0 atom stereocenters. The van der Waals surface area contributed by atoms with Crippen LogP contribution in [0.15, 0.2) is 42.5 Å². The number of hydrogen-bond donors (Lipinski definition) is 0. The summed E-state index contributed by atoms with van der Waals surface area (Å²) in [7, 11) is 0. The number of rotatable bonds is 2. The number of unbranched alkanes of at least 4 members (excludes halogenated alkanes) is 2. The maximum atomic E-state index is 3.29. The van der Waals surface area contributed by atoms with E-state index in [2.05, 4.69) is 61.2 Å². The second-order valence-corrected chi connectivity index (χ2v) is 5.11. The van der Waals surface area contributed by atoms with E-state index in [1.54, 1.807) is 0 Å². The summed E-state index contributed by atoms with van der Waals surface area (Å²) in [4.78, 5) is 0. The predicted octanol–water partition coefficient (Wildman–Crippen LogP) is 4.80. The fourth-order valence-corrected chi connectivity index (χ4v) is 2.63. The van der Waals surface area contributed by atoms with Gasteiger partial charge in [-0.25, -0.2) is 0 Å². The molecule has 0 N–H and O–H groups in total.